The van der Waals surface area contributed by atoms with Crippen LogP contribution in [0, 0.1) is 0 Å². The first-order chi connectivity index (χ1) is 10.6. The van der Waals surface area contributed by atoms with Gasteiger partial charge in [0.1, 0.15) is 0 Å². The summed E-state index contributed by atoms with van der Waals surface area (Å²) in [5.74, 6) is 0. The second-order valence-corrected chi connectivity index (χ2v) is 6.28. The van der Waals surface area contributed by atoms with Crippen LogP contribution in [0.3, 0.4) is 0 Å². The molecule has 1 aliphatic rings. The minimum absolute atomic E-state index is 0.767. The Labute approximate surface area is 134 Å². The molecule has 0 radical (unpaired) electrons. The Balaban J connectivity index is 1.94. The molecule has 22 heavy (non-hydrogen) atoms. The lowest BCUT2D eigenvalue weighted by Gasteiger charge is -2.22. The summed E-state index contributed by atoms with van der Waals surface area (Å²) in [5.41, 5.74) is 6.80. The van der Waals surface area contributed by atoms with Gasteiger partial charge >= 0.3 is 0 Å². The standard InChI is InChI=1S/C17H17ClN4/c1-21(2)8-9-22-15-6-5-13(18)12-10-14-11(4-3-7-19-14)17(20-22)16(12)15/h3-7,10,20H,8-9H2,1-2H3. The van der Waals surface area contributed by atoms with Crippen LogP contribution in [0.2, 0.25) is 5.02 Å². The Morgan fingerprint density at radius 1 is 1.23 bits per heavy atom. The van der Waals surface area contributed by atoms with E-state index in [9.17, 15) is 0 Å². The van der Waals surface area contributed by atoms with Crippen molar-refractivity contribution in [2.24, 2.45) is 0 Å². The second-order valence-electron chi connectivity index (χ2n) is 5.88. The molecule has 2 aromatic carbocycles. The van der Waals surface area contributed by atoms with Gasteiger partial charge in [0, 0.05) is 33.9 Å². The third kappa shape index (κ3) is 1.99. The molecule has 0 amide bonds. The highest BCUT2D eigenvalue weighted by molar-refractivity contribution is 6.38. The summed E-state index contributed by atoms with van der Waals surface area (Å²) in [7, 11) is 4.17. The van der Waals surface area contributed by atoms with Crippen LogP contribution in [-0.2, 0) is 0 Å². The van der Waals surface area contributed by atoms with Crippen LogP contribution in [0.5, 0.6) is 0 Å². The maximum atomic E-state index is 6.42. The zero-order chi connectivity index (χ0) is 15.3. The molecule has 0 fully saturated rings. The number of benzene rings is 2. The number of anilines is 2. The van der Waals surface area contributed by atoms with Crippen molar-refractivity contribution < 1.29 is 0 Å². The third-order valence-corrected chi connectivity index (χ3v) is 4.45. The van der Waals surface area contributed by atoms with Gasteiger partial charge in [-0.3, -0.25) is 15.4 Å². The maximum absolute atomic E-state index is 6.42. The lowest BCUT2D eigenvalue weighted by Crippen LogP contribution is -2.33. The Morgan fingerprint density at radius 3 is 2.91 bits per heavy atom. The van der Waals surface area contributed by atoms with Gasteiger partial charge in [-0.15, -0.1) is 0 Å². The van der Waals surface area contributed by atoms with Crippen molar-refractivity contribution in [1.82, 2.24) is 9.88 Å². The summed E-state index contributed by atoms with van der Waals surface area (Å²) < 4.78 is 0. The number of halogens is 1. The van der Waals surface area contributed by atoms with Crippen molar-refractivity contribution in [1.29, 1.82) is 0 Å². The molecule has 0 spiro atoms. The molecule has 0 atom stereocenters. The van der Waals surface area contributed by atoms with E-state index in [0.717, 1.165) is 40.1 Å². The van der Waals surface area contributed by atoms with E-state index in [4.69, 9.17) is 11.6 Å². The van der Waals surface area contributed by atoms with Gasteiger partial charge in [-0.05, 0) is 44.4 Å². The van der Waals surface area contributed by atoms with Gasteiger partial charge in [-0.1, -0.05) is 11.6 Å². The van der Waals surface area contributed by atoms with E-state index in [2.05, 4.69) is 52.6 Å². The van der Waals surface area contributed by atoms with Crippen molar-refractivity contribution in [2.75, 3.05) is 37.6 Å². The monoisotopic (exact) mass is 312 g/mol. The normalized spacial score (nSPS) is 13.4. The predicted octanol–water partition coefficient (Wildman–Crippen LogP) is 3.75. The Kier molecular flexibility index (Phi) is 3.10. The van der Waals surface area contributed by atoms with Gasteiger partial charge < -0.3 is 4.90 Å². The highest BCUT2D eigenvalue weighted by atomic mass is 35.5. The number of hydrogen-bond donors (Lipinski definition) is 1. The number of hydrazine groups is 1. The lowest BCUT2D eigenvalue weighted by atomic mass is 10.0. The number of nitrogens with zero attached hydrogens (tertiary/aromatic N) is 3. The molecule has 0 bridgehead atoms. The SMILES string of the molecule is CN(C)CCN1Nc2c3cccnc3cc3c(Cl)ccc1c23. The zero-order valence-corrected chi connectivity index (χ0v) is 13.4. The van der Waals surface area contributed by atoms with E-state index in [-0.39, 0.29) is 0 Å². The summed E-state index contributed by atoms with van der Waals surface area (Å²) in [5, 5.41) is 6.34. The van der Waals surface area contributed by atoms with Gasteiger partial charge in [0.2, 0.25) is 0 Å². The van der Waals surface area contributed by atoms with E-state index in [1.54, 1.807) is 0 Å². The fraction of sp³-hybridized carbons (Fsp3) is 0.235. The molecule has 1 N–H and O–H groups in total. The smallest absolute Gasteiger partial charge is 0.0736 e. The molecule has 0 unspecified atom stereocenters. The molecule has 4 rings (SSSR count). The number of fused-ring (bicyclic) bond motifs is 2. The largest absolute Gasteiger partial charge is 0.308 e. The number of nitrogens with one attached hydrogen (secondary N) is 1. The zero-order valence-electron chi connectivity index (χ0n) is 12.6. The van der Waals surface area contributed by atoms with Crippen LogP contribution in [0.15, 0.2) is 36.5 Å². The third-order valence-electron chi connectivity index (χ3n) is 4.12. The Morgan fingerprint density at radius 2 is 2.09 bits per heavy atom. The molecule has 112 valence electrons. The van der Waals surface area contributed by atoms with Crippen LogP contribution < -0.4 is 10.4 Å². The molecular formula is C17H17ClN4. The first kappa shape index (κ1) is 13.6. The molecule has 3 aromatic rings. The van der Waals surface area contributed by atoms with Crippen LogP contribution in [0.25, 0.3) is 21.7 Å². The molecular weight excluding hydrogens is 296 g/mol. The summed E-state index contributed by atoms with van der Waals surface area (Å²) in [6.45, 7) is 1.88. The average molecular weight is 313 g/mol. The molecule has 2 heterocycles. The highest BCUT2D eigenvalue weighted by Gasteiger charge is 2.24. The molecule has 4 nitrogen and oxygen atoms in total. The molecule has 1 aliphatic heterocycles. The number of aromatic nitrogens is 1. The first-order valence-corrected chi connectivity index (χ1v) is 7.72. The molecule has 5 heteroatoms. The predicted molar refractivity (Wildman–Crippen MR) is 93.8 cm³/mol. The summed E-state index contributed by atoms with van der Waals surface area (Å²) in [4.78, 5) is 6.66. The van der Waals surface area contributed by atoms with Crippen LogP contribution in [-0.4, -0.2) is 37.1 Å². The minimum atomic E-state index is 0.767. The number of rotatable bonds is 3. The Hall–Kier alpha value is -2.04. The van der Waals surface area contributed by atoms with Gasteiger partial charge in [-0.2, -0.15) is 0 Å². The molecule has 0 saturated carbocycles. The molecule has 0 aliphatic carbocycles. The topological polar surface area (TPSA) is 31.4 Å². The number of likely N-dealkylation sites (N-methyl/N-ethyl adjacent to an activating group) is 1. The number of pyridine rings is 1. The van der Waals surface area contributed by atoms with Gasteiger partial charge in [0.05, 0.1) is 23.4 Å². The van der Waals surface area contributed by atoms with E-state index in [0.29, 0.717) is 0 Å². The second kappa shape index (κ2) is 5.00. The van der Waals surface area contributed by atoms with Crippen molar-refractivity contribution in [3.8, 4) is 0 Å². The van der Waals surface area contributed by atoms with E-state index in [1.807, 2.05) is 18.3 Å². The van der Waals surface area contributed by atoms with Crippen molar-refractivity contribution >= 4 is 44.7 Å². The van der Waals surface area contributed by atoms with Crippen LogP contribution in [0.4, 0.5) is 11.4 Å². The van der Waals surface area contributed by atoms with Gasteiger partial charge in [-0.25, -0.2) is 0 Å². The van der Waals surface area contributed by atoms with E-state index >= 15 is 0 Å². The summed E-state index contributed by atoms with van der Waals surface area (Å²) >= 11 is 6.42. The fourth-order valence-corrected chi connectivity index (χ4v) is 3.23. The molecule has 1 aromatic heterocycles. The lowest BCUT2D eigenvalue weighted by molar-refractivity contribution is 0.417. The molecule has 0 saturated heterocycles. The van der Waals surface area contributed by atoms with Crippen molar-refractivity contribution in [3.05, 3.63) is 41.6 Å². The number of hydrogen-bond acceptors (Lipinski definition) is 4. The van der Waals surface area contributed by atoms with Crippen LogP contribution in [0.1, 0.15) is 0 Å². The minimum Gasteiger partial charge on any atom is -0.308 e. The van der Waals surface area contributed by atoms with E-state index in [1.165, 1.54) is 11.1 Å². The first-order valence-electron chi connectivity index (χ1n) is 7.34. The maximum Gasteiger partial charge on any atom is 0.0736 e. The van der Waals surface area contributed by atoms with Gasteiger partial charge in [0.15, 0.2) is 0 Å². The van der Waals surface area contributed by atoms with Crippen molar-refractivity contribution in [3.63, 3.8) is 0 Å². The highest BCUT2D eigenvalue weighted by Crippen LogP contribution is 2.45. The average Bonchev–Trinajstić information content (AvgIpc) is 2.88. The Bertz CT molecular complexity index is 875. The van der Waals surface area contributed by atoms with E-state index < -0.39 is 0 Å². The summed E-state index contributed by atoms with van der Waals surface area (Å²) in [6.07, 6.45) is 1.82. The van der Waals surface area contributed by atoms with Crippen molar-refractivity contribution in [2.45, 2.75) is 0 Å². The summed E-state index contributed by atoms with van der Waals surface area (Å²) in [6, 6.07) is 10.2. The quantitative estimate of drug-likeness (QED) is 0.746. The van der Waals surface area contributed by atoms with Gasteiger partial charge in [0.25, 0.3) is 0 Å². The van der Waals surface area contributed by atoms with Crippen LogP contribution >= 0.6 is 11.6 Å². The fourth-order valence-electron chi connectivity index (χ4n) is 3.01.